The molecule has 100 valence electrons. The van der Waals surface area contributed by atoms with Gasteiger partial charge in [-0.2, -0.15) is 0 Å². The number of aryl methyl sites for hydroxylation is 1. The zero-order valence-corrected chi connectivity index (χ0v) is 10.5. The fourth-order valence-electron chi connectivity index (χ4n) is 1.99. The Hall–Kier alpha value is -2.82. The highest BCUT2D eigenvalue weighted by Crippen LogP contribution is 2.37. The highest BCUT2D eigenvalue weighted by Gasteiger charge is 2.36. The molecule has 0 unspecified atom stereocenters. The maximum atomic E-state index is 11.7. The Labute approximate surface area is 114 Å². The number of carbonyl (C=O) groups is 2. The van der Waals surface area contributed by atoms with Gasteiger partial charge < -0.3 is 14.6 Å². The molecule has 1 heterocycles. The van der Waals surface area contributed by atoms with Crippen molar-refractivity contribution < 1.29 is 24.2 Å². The summed E-state index contributed by atoms with van der Waals surface area (Å²) in [5.41, 5.74) is 0.873. The first-order valence-electron chi connectivity index (χ1n) is 5.93. The van der Waals surface area contributed by atoms with Crippen molar-refractivity contribution in [2.75, 3.05) is 0 Å². The van der Waals surface area contributed by atoms with E-state index in [4.69, 9.17) is 4.74 Å². The van der Waals surface area contributed by atoms with Crippen molar-refractivity contribution in [2.24, 2.45) is 0 Å². The number of hydrogen-bond acceptors (Lipinski definition) is 5. The molecule has 2 aromatic carbocycles. The summed E-state index contributed by atoms with van der Waals surface area (Å²) in [5.74, 6) is -1.28. The van der Waals surface area contributed by atoms with E-state index >= 15 is 0 Å². The van der Waals surface area contributed by atoms with Crippen LogP contribution in [0.4, 0.5) is 0 Å². The van der Waals surface area contributed by atoms with Crippen molar-refractivity contribution >= 4 is 11.9 Å². The molecule has 20 heavy (non-hydrogen) atoms. The third-order valence-electron chi connectivity index (χ3n) is 2.99. The van der Waals surface area contributed by atoms with Gasteiger partial charge in [-0.15, -0.1) is 0 Å². The Kier molecular flexibility index (Phi) is 2.68. The van der Waals surface area contributed by atoms with E-state index < -0.39 is 11.9 Å². The van der Waals surface area contributed by atoms with Gasteiger partial charge in [-0.3, -0.25) is 0 Å². The van der Waals surface area contributed by atoms with Gasteiger partial charge in [-0.1, -0.05) is 17.7 Å². The van der Waals surface area contributed by atoms with Crippen LogP contribution >= 0.6 is 0 Å². The highest BCUT2D eigenvalue weighted by atomic mass is 16.6. The zero-order chi connectivity index (χ0) is 14.3. The lowest BCUT2D eigenvalue weighted by molar-refractivity contribution is 0.0442. The number of fused-ring (bicyclic) bond motifs is 1. The maximum absolute atomic E-state index is 11.7. The standard InChI is InChI=1S/C15H10O5/c1-8-2-4-9(5-3-8)19-11-7-6-10(16)12-13(11)15(18)20-14(12)17/h2-7,16H,1H3. The van der Waals surface area contributed by atoms with E-state index in [1.165, 1.54) is 12.1 Å². The molecule has 0 atom stereocenters. The van der Waals surface area contributed by atoms with Crippen LogP contribution in [0, 0.1) is 6.92 Å². The average Bonchev–Trinajstić information content (AvgIpc) is 2.72. The lowest BCUT2D eigenvalue weighted by atomic mass is 10.1. The van der Waals surface area contributed by atoms with Gasteiger partial charge in [0.15, 0.2) is 0 Å². The summed E-state index contributed by atoms with van der Waals surface area (Å²) in [5, 5.41) is 9.64. The number of benzene rings is 2. The molecule has 1 aliphatic rings. The molecule has 0 radical (unpaired) electrons. The molecule has 1 aliphatic heterocycles. The van der Waals surface area contributed by atoms with Crippen LogP contribution in [0.15, 0.2) is 36.4 Å². The lowest BCUT2D eigenvalue weighted by Gasteiger charge is -2.08. The van der Waals surface area contributed by atoms with Gasteiger partial charge in [0.1, 0.15) is 28.4 Å². The Morgan fingerprint density at radius 2 is 1.60 bits per heavy atom. The summed E-state index contributed by atoms with van der Waals surface area (Å²) in [6.45, 7) is 1.94. The van der Waals surface area contributed by atoms with Crippen LogP contribution in [0.3, 0.4) is 0 Å². The third kappa shape index (κ3) is 1.89. The molecule has 0 saturated carbocycles. The van der Waals surface area contributed by atoms with Gasteiger partial charge in [0.2, 0.25) is 0 Å². The fraction of sp³-hybridized carbons (Fsp3) is 0.0667. The molecule has 0 spiro atoms. The van der Waals surface area contributed by atoms with Gasteiger partial charge in [0.05, 0.1) is 0 Å². The Morgan fingerprint density at radius 1 is 0.950 bits per heavy atom. The highest BCUT2D eigenvalue weighted by molar-refractivity contribution is 6.17. The number of hydrogen-bond donors (Lipinski definition) is 1. The summed E-state index contributed by atoms with van der Waals surface area (Å²) in [4.78, 5) is 23.1. The van der Waals surface area contributed by atoms with E-state index in [2.05, 4.69) is 4.74 Å². The normalized spacial score (nSPS) is 13.1. The van der Waals surface area contributed by atoms with E-state index in [9.17, 15) is 14.7 Å². The summed E-state index contributed by atoms with van der Waals surface area (Å²) in [7, 11) is 0. The predicted molar refractivity (Wildman–Crippen MR) is 69.1 cm³/mol. The number of aromatic hydroxyl groups is 1. The summed E-state index contributed by atoms with van der Waals surface area (Å²) >= 11 is 0. The topological polar surface area (TPSA) is 72.8 Å². The molecule has 3 rings (SSSR count). The van der Waals surface area contributed by atoms with Gasteiger partial charge in [-0.05, 0) is 31.2 Å². The first kappa shape index (κ1) is 12.2. The second-order valence-electron chi connectivity index (χ2n) is 4.42. The molecule has 0 aliphatic carbocycles. The van der Waals surface area contributed by atoms with Crippen molar-refractivity contribution in [1.29, 1.82) is 0 Å². The van der Waals surface area contributed by atoms with E-state index in [1.807, 2.05) is 19.1 Å². The Morgan fingerprint density at radius 3 is 2.30 bits per heavy atom. The molecular weight excluding hydrogens is 260 g/mol. The Balaban J connectivity index is 2.05. The van der Waals surface area contributed by atoms with Crippen molar-refractivity contribution in [3.05, 3.63) is 53.1 Å². The molecule has 1 N–H and O–H groups in total. The molecule has 0 bridgehead atoms. The number of carbonyl (C=O) groups excluding carboxylic acids is 2. The van der Waals surface area contributed by atoms with Crippen LogP contribution in [0.25, 0.3) is 0 Å². The molecule has 0 aromatic heterocycles. The van der Waals surface area contributed by atoms with Crippen molar-refractivity contribution in [3.63, 3.8) is 0 Å². The van der Waals surface area contributed by atoms with Crippen molar-refractivity contribution in [1.82, 2.24) is 0 Å². The fourth-order valence-corrected chi connectivity index (χ4v) is 1.99. The minimum Gasteiger partial charge on any atom is -0.507 e. The van der Waals surface area contributed by atoms with Gasteiger partial charge in [-0.25, -0.2) is 9.59 Å². The minimum absolute atomic E-state index is 0.0458. The number of phenols is 1. The average molecular weight is 270 g/mol. The van der Waals surface area contributed by atoms with Crippen LogP contribution in [0.5, 0.6) is 17.2 Å². The quantitative estimate of drug-likeness (QED) is 0.671. The monoisotopic (exact) mass is 270 g/mol. The largest absolute Gasteiger partial charge is 0.507 e. The Bertz CT molecular complexity index is 716. The van der Waals surface area contributed by atoms with Crippen LogP contribution in [0.2, 0.25) is 0 Å². The zero-order valence-electron chi connectivity index (χ0n) is 10.5. The number of cyclic esters (lactones) is 2. The molecule has 0 saturated heterocycles. The van der Waals surface area contributed by atoms with Crippen molar-refractivity contribution in [2.45, 2.75) is 6.92 Å². The predicted octanol–water partition coefficient (Wildman–Crippen LogP) is 2.80. The molecule has 5 nitrogen and oxygen atoms in total. The van der Waals surface area contributed by atoms with E-state index in [1.54, 1.807) is 12.1 Å². The third-order valence-corrected chi connectivity index (χ3v) is 2.99. The first-order chi connectivity index (χ1) is 9.56. The number of esters is 2. The van der Waals surface area contributed by atoms with Gasteiger partial charge in [0, 0.05) is 0 Å². The first-order valence-corrected chi connectivity index (χ1v) is 5.93. The van der Waals surface area contributed by atoms with Crippen LogP contribution < -0.4 is 4.74 Å². The molecule has 0 amide bonds. The SMILES string of the molecule is Cc1ccc(Oc2ccc(O)c3c2C(=O)OC3=O)cc1. The molecule has 0 fully saturated rings. The smallest absolute Gasteiger partial charge is 0.350 e. The molecular formula is C15H10O5. The van der Waals surface area contributed by atoms with Crippen molar-refractivity contribution in [3.8, 4) is 17.2 Å². The van der Waals surface area contributed by atoms with Crippen LogP contribution in [-0.2, 0) is 4.74 Å². The number of phenolic OH excluding ortho intramolecular Hbond substituents is 1. The van der Waals surface area contributed by atoms with E-state index in [-0.39, 0.29) is 22.6 Å². The summed E-state index contributed by atoms with van der Waals surface area (Å²) in [6.07, 6.45) is 0. The van der Waals surface area contributed by atoms with E-state index in [0.29, 0.717) is 5.75 Å². The number of ether oxygens (including phenoxy) is 2. The number of rotatable bonds is 2. The van der Waals surface area contributed by atoms with Gasteiger partial charge in [0.25, 0.3) is 0 Å². The molecule has 2 aromatic rings. The minimum atomic E-state index is -0.864. The van der Waals surface area contributed by atoms with Crippen LogP contribution in [0.1, 0.15) is 26.3 Å². The molecule has 5 heteroatoms. The summed E-state index contributed by atoms with van der Waals surface area (Å²) < 4.78 is 10.1. The van der Waals surface area contributed by atoms with E-state index in [0.717, 1.165) is 5.56 Å². The maximum Gasteiger partial charge on any atom is 0.350 e. The second-order valence-corrected chi connectivity index (χ2v) is 4.42. The van der Waals surface area contributed by atoms with Gasteiger partial charge >= 0.3 is 11.9 Å². The lowest BCUT2D eigenvalue weighted by Crippen LogP contribution is -1.98. The summed E-state index contributed by atoms with van der Waals surface area (Å²) in [6, 6.07) is 9.93. The second kappa shape index (κ2) is 4.38. The van der Waals surface area contributed by atoms with Crippen LogP contribution in [-0.4, -0.2) is 17.0 Å².